The van der Waals surface area contributed by atoms with Crippen LogP contribution in [0.15, 0.2) is 0 Å². The third-order valence-electron chi connectivity index (χ3n) is 3.24. The summed E-state index contributed by atoms with van der Waals surface area (Å²) in [5, 5.41) is 3.31. The number of hydrogen-bond acceptors (Lipinski definition) is 3. The second-order valence-corrected chi connectivity index (χ2v) is 5.43. The van der Waals surface area contributed by atoms with Gasteiger partial charge in [0.25, 0.3) is 0 Å². The Morgan fingerprint density at radius 2 is 2.38 bits per heavy atom. The van der Waals surface area contributed by atoms with Crippen LogP contribution in [0.2, 0.25) is 0 Å². The SMILES string of the molecule is COC1(CC2CCCSC2)CNC1. The van der Waals surface area contributed by atoms with E-state index in [1.165, 1.54) is 30.8 Å². The van der Waals surface area contributed by atoms with E-state index in [4.69, 9.17) is 4.74 Å². The maximum absolute atomic E-state index is 5.60. The van der Waals surface area contributed by atoms with Crippen molar-refractivity contribution in [3.8, 4) is 0 Å². The fourth-order valence-electron chi connectivity index (χ4n) is 2.27. The number of ether oxygens (including phenoxy) is 1. The molecule has 3 heteroatoms. The van der Waals surface area contributed by atoms with Crippen molar-refractivity contribution in [2.75, 3.05) is 31.7 Å². The van der Waals surface area contributed by atoms with Crippen LogP contribution in [0, 0.1) is 5.92 Å². The van der Waals surface area contributed by atoms with E-state index < -0.39 is 0 Å². The van der Waals surface area contributed by atoms with Crippen LogP contribution in [0.1, 0.15) is 19.3 Å². The summed E-state index contributed by atoms with van der Waals surface area (Å²) < 4.78 is 5.60. The maximum atomic E-state index is 5.60. The summed E-state index contributed by atoms with van der Waals surface area (Å²) in [6, 6.07) is 0. The molecule has 1 atom stereocenters. The zero-order valence-electron chi connectivity index (χ0n) is 8.34. The minimum absolute atomic E-state index is 0.197. The highest BCUT2D eigenvalue weighted by Gasteiger charge is 2.39. The Hall–Kier alpha value is 0.270. The van der Waals surface area contributed by atoms with Gasteiger partial charge >= 0.3 is 0 Å². The average Bonchev–Trinajstić information content (AvgIpc) is 2.13. The zero-order valence-corrected chi connectivity index (χ0v) is 9.16. The van der Waals surface area contributed by atoms with Gasteiger partial charge in [-0.15, -0.1) is 0 Å². The number of nitrogens with one attached hydrogen (secondary N) is 1. The predicted molar refractivity (Wildman–Crippen MR) is 57.3 cm³/mol. The van der Waals surface area contributed by atoms with Crippen LogP contribution in [0.4, 0.5) is 0 Å². The van der Waals surface area contributed by atoms with Gasteiger partial charge in [0.2, 0.25) is 0 Å². The smallest absolute Gasteiger partial charge is 0.0928 e. The number of thioether (sulfide) groups is 1. The number of rotatable bonds is 3. The molecule has 0 aromatic rings. The van der Waals surface area contributed by atoms with Crippen LogP contribution in [-0.4, -0.2) is 37.3 Å². The summed E-state index contributed by atoms with van der Waals surface area (Å²) in [6.45, 7) is 2.12. The molecule has 2 aliphatic rings. The zero-order chi connectivity index (χ0) is 9.15. The van der Waals surface area contributed by atoms with Gasteiger partial charge in [-0.25, -0.2) is 0 Å². The lowest BCUT2D eigenvalue weighted by atomic mass is 9.84. The lowest BCUT2D eigenvalue weighted by Gasteiger charge is -2.44. The summed E-state index contributed by atoms with van der Waals surface area (Å²) in [6.07, 6.45) is 4.09. The highest BCUT2D eigenvalue weighted by molar-refractivity contribution is 7.99. The van der Waals surface area contributed by atoms with Crippen molar-refractivity contribution in [2.45, 2.75) is 24.9 Å². The molecule has 2 fully saturated rings. The molecule has 1 unspecified atom stereocenters. The lowest BCUT2D eigenvalue weighted by molar-refractivity contribution is -0.0666. The Balaban J connectivity index is 1.81. The molecule has 13 heavy (non-hydrogen) atoms. The van der Waals surface area contributed by atoms with E-state index in [-0.39, 0.29) is 5.60 Å². The van der Waals surface area contributed by atoms with Crippen molar-refractivity contribution >= 4 is 11.8 Å². The van der Waals surface area contributed by atoms with E-state index in [2.05, 4.69) is 17.1 Å². The highest BCUT2D eigenvalue weighted by Crippen LogP contribution is 2.32. The van der Waals surface area contributed by atoms with Crippen molar-refractivity contribution < 1.29 is 4.74 Å². The summed E-state index contributed by atoms with van der Waals surface area (Å²) in [7, 11) is 1.86. The monoisotopic (exact) mass is 201 g/mol. The van der Waals surface area contributed by atoms with Gasteiger partial charge in [-0.1, -0.05) is 0 Å². The van der Waals surface area contributed by atoms with Crippen LogP contribution in [0.5, 0.6) is 0 Å². The molecule has 2 nitrogen and oxygen atoms in total. The van der Waals surface area contributed by atoms with Crippen LogP contribution in [-0.2, 0) is 4.74 Å². The van der Waals surface area contributed by atoms with Crippen molar-refractivity contribution in [1.82, 2.24) is 5.32 Å². The van der Waals surface area contributed by atoms with Gasteiger partial charge in [0, 0.05) is 20.2 Å². The van der Waals surface area contributed by atoms with E-state index in [9.17, 15) is 0 Å². The first-order valence-electron chi connectivity index (χ1n) is 5.18. The lowest BCUT2D eigenvalue weighted by Crippen LogP contribution is -2.61. The molecule has 0 aromatic carbocycles. The Morgan fingerprint density at radius 3 is 2.85 bits per heavy atom. The fraction of sp³-hybridized carbons (Fsp3) is 1.00. The molecule has 0 bridgehead atoms. The van der Waals surface area contributed by atoms with Crippen LogP contribution < -0.4 is 5.32 Å². The summed E-state index contributed by atoms with van der Waals surface area (Å²) in [5.41, 5.74) is 0.197. The summed E-state index contributed by atoms with van der Waals surface area (Å²) >= 11 is 2.11. The molecule has 2 heterocycles. The maximum Gasteiger partial charge on any atom is 0.0928 e. The molecule has 0 spiro atoms. The molecular formula is C10H19NOS. The second kappa shape index (κ2) is 4.20. The Morgan fingerprint density at radius 1 is 1.54 bits per heavy atom. The molecular weight excluding hydrogens is 182 g/mol. The Bertz CT molecular complexity index is 159. The standard InChI is InChI=1S/C10H19NOS/c1-12-10(7-11-8-10)5-9-3-2-4-13-6-9/h9,11H,2-8H2,1H3. The first-order chi connectivity index (χ1) is 6.35. The van der Waals surface area contributed by atoms with Crippen molar-refractivity contribution in [3.05, 3.63) is 0 Å². The minimum Gasteiger partial charge on any atom is -0.376 e. The Kier molecular flexibility index (Phi) is 3.17. The molecule has 2 aliphatic heterocycles. The molecule has 2 rings (SSSR count). The summed E-state index contributed by atoms with van der Waals surface area (Å²) in [5.74, 6) is 3.63. The molecule has 0 radical (unpaired) electrons. The van der Waals surface area contributed by atoms with Crippen LogP contribution in [0.3, 0.4) is 0 Å². The van der Waals surface area contributed by atoms with E-state index in [1.807, 2.05) is 7.11 Å². The third kappa shape index (κ3) is 2.20. The average molecular weight is 201 g/mol. The molecule has 0 aromatic heterocycles. The van der Waals surface area contributed by atoms with E-state index >= 15 is 0 Å². The van der Waals surface area contributed by atoms with Gasteiger partial charge in [0.1, 0.15) is 0 Å². The molecule has 0 saturated carbocycles. The Labute approximate surface area is 84.8 Å². The first kappa shape index (κ1) is 9.81. The van der Waals surface area contributed by atoms with Crippen molar-refractivity contribution in [3.63, 3.8) is 0 Å². The molecule has 2 saturated heterocycles. The van der Waals surface area contributed by atoms with Gasteiger partial charge in [-0.05, 0) is 36.7 Å². The largest absolute Gasteiger partial charge is 0.376 e. The van der Waals surface area contributed by atoms with Gasteiger partial charge in [0.15, 0.2) is 0 Å². The predicted octanol–water partition coefficient (Wildman–Crippen LogP) is 1.51. The van der Waals surface area contributed by atoms with Crippen LogP contribution in [0.25, 0.3) is 0 Å². The fourth-order valence-corrected chi connectivity index (χ4v) is 3.43. The number of hydrogen-bond donors (Lipinski definition) is 1. The molecule has 0 aliphatic carbocycles. The van der Waals surface area contributed by atoms with Gasteiger partial charge in [0.05, 0.1) is 5.60 Å². The summed E-state index contributed by atoms with van der Waals surface area (Å²) in [4.78, 5) is 0. The van der Waals surface area contributed by atoms with E-state index in [1.54, 1.807) is 0 Å². The highest BCUT2D eigenvalue weighted by atomic mass is 32.2. The molecule has 76 valence electrons. The van der Waals surface area contributed by atoms with E-state index in [0.29, 0.717) is 0 Å². The van der Waals surface area contributed by atoms with Gasteiger partial charge in [-0.3, -0.25) is 0 Å². The minimum atomic E-state index is 0.197. The van der Waals surface area contributed by atoms with Gasteiger partial charge in [-0.2, -0.15) is 11.8 Å². The first-order valence-corrected chi connectivity index (χ1v) is 6.34. The van der Waals surface area contributed by atoms with E-state index in [0.717, 1.165) is 19.0 Å². The van der Waals surface area contributed by atoms with Gasteiger partial charge < -0.3 is 10.1 Å². The number of methoxy groups -OCH3 is 1. The quantitative estimate of drug-likeness (QED) is 0.748. The third-order valence-corrected chi connectivity index (χ3v) is 4.53. The normalized spacial score (nSPS) is 32.5. The topological polar surface area (TPSA) is 21.3 Å². The van der Waals surface area contributed by atoms with Crippen molar-refractivity contribution in [2.24, 2.45) is 5.92 Å². The molecule has 0 amide bonds. The van der Waals surface area contributed by atoms with Crippen LogP contribution >= 0.6 is 11.8 Å². The molecule has 1 N–H and O–H groups in total. The van der Waals surface area contributed by atoms with Crippen molar-refractivity contribution in [1.29, 1.82) is 0 Å². The second-order valence-electron chi connectivity index (χ2n) is 4.28.